The van der Waals surface area contributed by atoms with Crippen LogP contribution < -0.4 is 5.32 Å². The topological polar surface area (TPSA) is 105 Å². The lowest BCUT2D eigenvalue weighted by Crippen LogP contribution is -2.20. The largest absolute Gasteiger partial charge is 0.394 e. The summed E-state index contributed by atoms with van der Waals surface area (Å²) in [7, 11) is 0. The Morgan fingerprint density at radius 2 is 2.07 bits per heavy atom. The lowest BCUT2D eigenvalue weighted by atomic mass is 10.1. The average Bonchev–Trinajstić information content (AvgIpc) is 3.34. The molecule has 8 nitrogen and oxygen atoms in total. The molecule has 0 saturated heterocycles. The zero-order valence-corrected chi connectivity index (χ0v) is 16.1. The number of rotatable bonds is 6. The third-order valence-corrected chi connectivity index (χ3v) is 4.52. The van der Waals surface area contributed by atoms with E-state index in [4.69, 9.17) is 5.10 Å². The average molecular weight is 377 g/mol. The van der Waals surface area contributed by atoms with Gasteiger partial charge in [-0.05, 0) is 39.0 Å². The molecule has 0 bridgehead atoms. The van der Waals surface area contributed by atoms with Crippen molar-refractivity contribution in [2.45, 2.75) is 32.9 Å². The highest BCUT2D eigenvalue weighted by molar-refractivity contribution is 5.85. The number of anilines is 1. The van der Waals surface area contributed by atoms with Crippen molar-refractivity contribution >= 4 is 17.0 Å². The summed E-state index contributed by atoms with van der Waals surface area (Å²) < 4.78 is 1.93. The Hall–Kier alpha value is -3.26. The van der Waals surface area contributed by atoms with E-state index in [1.807, 2.05) is 42.3 Å². The van der Waals surface area contributed by atoms with Gasteiger partial charge in [-0.25, -0.2) is 15.0 Å². The number of aliphatic hydroxyl groups excluding tert-OH is 1. The minimum atomic E-state index is -0.131. The number of hydrogen-bond donors (Lipinski definition) is 3. The van der Waals surface area contributed by atoms with Gasteiger partial charge >= 0.3 is 0 Å². The minimum Gasteiger partial charge on any atom is -0.394 e. The van der Waals surface area contributed by atoms with Crippen molar-refractivity contribution in [3.63, 3.8) is 0 Å². The van der Waals surface area contributed by atoms with E-state index in [0.717, 1.165) is 33.5 Å². The van der Waals surface area contributed by atoms with Crippen LogP contribution in [0.1, 0.15) is 26.8 Å². The van der Waals surface area contributed by atoms with Gasteiger partial charge in [-0.1, -0.05) is 0 Å². The molecule has 144 valence electrons. The Bertz CT molecular complexity index is 1100. The summed E-state index contributed by atoms with van der Waals surface area (Å²) in [5.74, 6) is 0.474. The van der Waals surface area contributed by atoms with Crippen LogP contribution in [0.3, 0.4) is 0 Å². The fraction of sp³-hybridized carbons (Fsp3) is 0.300. The maximum Gasteiger partial charge on any atom is 0.223 e. The Balaban J connectivity index is 1.81. The molecule has 4 rings (SSSR count). The highest BCUT2D eigenvalue weighted by atomic mass is 16.3. The van der Waals surface area contributed by atoms with Crippen molar-refractivity contribution < 1.29 is 5.11 Å². The molecule has 0 saturated carbocycles. The molecule has 3 N–H and O–H groups in total. The van der Waals surface area contributed by atoms with Gasteiger partial charge in [0.2, 0.25) is 5.95 Å². The highest BCUT2D eigenvalue weighted by Gasteiger charge is 2.17. The van der Waals surface area contributed by atoms with Crippen molar-refractivity contribution in [2.24, 2.45) is 0 Å². The molecular weight excluding hydrogens is 354 g/mol. The second-order valence-corrected chi connectivity index (χ2v) is 7.10. The first-order chi connectivity index (χ1) is 13.5. The molecule has 0 spiro atoms. The van der Waals surface area contributed by atoms with Crippen molar-refractivity contribution in [3.05, 3.63) is 43.0 Å². The van der Waals surface area contributed by atoms with E-state index in [1.165, 1.54) is 0 Å². The molecule has 0 radical (unpaired) electrons. The van der Waals surface area contributed by atoms with Gasteiger partial charge in [0.15, 0.2) is 0 Å². The number of nitrogens with one attached hydrogen (secondary N) is 2. The molecule has 0 aromatic carbocycles. The van der Waals surface area contributed by atoms with Crippen molar-refractivity contribution in [1.29, 1.82) is 0 Å². The van der Waals surface area contributed by atoms with E-state index in [2.05, 4.69) is 45.2 Å². The number of aromatic amines is 1. The normalized spacial score (nSPS) is 12.6. The lowest BCUT2D eigenvalue weighted by Gasteiger charge is -2.11. The number of hydrogen-bond acceptors (Lipinski definition) is 6. The summed E-state index contributed by atoms with van der Waals surface area (Å²) in [5, 5.41) is 18.2. The summed E-state index contributed by atoms with van der Waals surface area (Å²) in [4.78, 5) is 16.5. The van der Waals surface area contributed by atoms with Crippen LogP contribution >= 0.6 is 0 Å². The Labute approximate surface area is 162 Å². The number of aromatic nitrogens is 6. The van der Waals surface area contributed by atoms with Gasteiger partial charge in [-0.15, -0.1) is 0 Å². The van der Waals surface area contributed by atoms with Crippen LogP contribution in [0, 0.1) is 0 Å². The van der Waals surface area contributed by atoms with Crippen LogP contribution in [0.4, 0.5) is 5.95 Å². The molecule has 0 unspecified atom stereocenters. The second-order valence-electron chi connectivity index (χ2n) is 7.10. The minimum absolute atomic E-state index is 0.00642. The monoisotopic (exact) mass is 377 g/mol. The SMILES string of the molecule is CC(C)n1cc(-c2ccnc(N[C@@H](C)CO)n2)c(-c2cnc3[nH]ccc3c2)n1. The lowest BCUT2D eigenvalue weighted by molar-refractivity contribution is 0.281. The molecule has 8 heteroatoms. The Morgan fingerprint density at radius 1 is 1.21 bits per heavy atom. The number of aliphatic hydroxyl groups is 1. The molecule has 4 aromatic rings. The van der Waals surface area contributed by atoms with Gasteiger partial charge in [0, 0.05) is 53.4 Å². The molecule has 4 aromatic heterocycles. The van der Waals surface area contributed by atoms with Crippen LogP contribution in [-0.4, -0.2) is 47.5 Å². The summed E-state index contributed by atoms with van der Waals surface area (Å²) in [5.41, 5.74) is 4.27. The predicted octanol–water partition coefficient (Wildman–Crippen LogP) is 3.26. The zero-order valence-electron chi connectivity index (χ0n) is 16.1. The van der Waals surface area contributed by atoms with Gasteiger partial charge in [0.1, 0.15) is 11.3 Å². The second kappa shape index (κ2) is 7.40. The van der Waals surface area contributed by atoms with Crippen molar-refractivity contribution in [2.75, 3.05) is 11.9 Å². The highest BCUT2D eigenvalue weighted by Crippen LogP contribution is 2.32. The first-order valence-corrected chi connectivity index (χ1v) is 9.28. The summed E-state index contributed by atoms with van der Waals surface area (Å²) in [6.45, 7) is 6.05. The smallest absolute Gasteiger partial charge is 0.223 e. The maximum absolute atomic E-state index is 9.27. The van der Waals surface area contributed by atoms with E-state index in [-0.39, 0.29) is 18.7 Å². The molecule has 1 atom stereocenters. The van der Waals surface area contributed by atoms with Crippen LogP contribution in [0.25, 0.3) is 33.5 Å². The standard InChI is InChI=1S/C20H23N7O/c1-12(2)27-10-16(17-5-7-22-20(25-17)24-13(3)11-28)18(26-27)15-8-14-4-6-21-19(14)23-9-15/h4-10,12-13,28H,11H2,1-3H3,(H,21,23)(H,22,24,25)/t13-/m0/s1. The van der Waals surface area contributed by atoms with Gasteiger partial charge in [0.25, 0.3) is 0 Å². The molecule has 0 amide bonds. The van der Waals surface area contributed by atoms with E-state index >= 15 is 0 Å². The maximum atomic E-state index is 9.27. The van der Waals surface area contributed by atoms with E-state index in [9.17, 15) is 5.11 Å². The van der Waals surface area contributed by atoms with E-state index in [1.54, 1.807) is 6.20 Å². The third kappa shape index (κ3) is 3.46. The number of pyridine rings is 1. The first-order valence-electron chi connectivity index (χ1n) is 9.28. The fourth-order valence-electron chi connectivity index (χ4n) is 2.97. The number of H-pyrrole nitrogens is 1. The predicted molar refractivity (Wildman–Crippen MR) is 109 cm³/mol. The van der Waals surface area contributed by atoms with Crippen molar-refractivity contribution in [1.82, 2.24) is 29.7 Å². The quantitative estimate of drug-likeness (QED) is 0.476. The zero-order chi connectivity index (χ0) is 19.7. The van der Waals surface area contributed by atoms with Crippen LogP contribution in [0.15, 0.2) is 43.0 Å². The molecule has 28 heavy (non-hydrogen) atoms. The number of nitrogens with zero attached hydrogens (tertiary/aromatic N) is 5. The van der Waals surface area contributed by atoms with Gasteiger partial charge in [-0.3, -0.25) is 4.68 Å². The van der Waals surface area contributed by atoms with Crippen LogP contribution in [0.2, 0.25) is 0 Å². The third-order valence-electron chi connectivity index (χ3n) is 4.52. The molecule has 4 heterocycles. The summed E-state index contributed by atoms with van der Waals surface area (Å²) in [6, 6.07) is 6.01. The summed E-state index contributed by atoms with van der Waals surface area (Å²) in [6.07, 6.45) is 7.41. The molecule has 0 aliphatic heterocycles. The van der Waals surface area contributed by atoms with Crippen LogP contribution in [0.5, 0.6) is 0 Å². The molecular formula is C20H23N7O. The van der Waals surface area contributed by atoms with Gasteiger partial charge in [0.05, 0.1) is 12.3 Å². The molecule has 0 aliphatic rings. The van der Waals surface area contributed by atoms with Crippen molar-refractivity contribution in [3.8, 4) is 22.5 Å². The first kappa shape index (κ1) is 18.1. The summed E-state index contributed by atoms with van der Waals surface area (Å²) >= 11 is 0. The fourth-order valence-corrected chi connectivity index (χ4v) is 2.97. The van der Waals surface area contributed by atoms with Gasteiger partial charge < -0.3 is 15.4 Å². The Morgan fingerprint density at radius 3 is 2.86 bits per heavy atom. The molecule has 0 fully saturated rings. The van der Waals surface area contributed by atoms with E-state index in [0.29, 0.717) is 5.95 Å². The van der Waals surface area contributed by atoms with Crippen LogP contribution in [-0.2, 0) is 0 Å². The number of fused-ring (bicyclic) bond motifs is 1. The van der Waals surface area contributed by atoms with E-state index < -0.39 is 0 Å². The molecule has 0 aliphatic carbocycles. The Kier molecular flexibility index (Phi) is 4.79. The van der Waals surface area contributed by atoms with Gasteiger partial charge in [-0.2, -0.15) is 5.10 Å².